The maximum absolute atomic E-state index is 6.03. The van der Waals surface area contributed by atoms with Crippen molar-refractivity contribution in [1.82, 2.24) is 14.5 Å². The largest absolute Gasteiger partial charge is 0.383 e. The summed E-state index contributed by atoms with van der Waals surface area (Å²) in [4.78, 5) is 8.48. The van der Waals surface area contributed by atoms with Crippen molar-refractivity contribution in [3.8, 4) is 0 Å². The molecule has 7 heteroatoms. The molecule has 0 spiro atoms. The molecule has 0 saturated heterocycles. The van der Waals surface area contributed by atoms with Crippen LogP contribution >= 0.6 is 27.5 Å². The van der Waals surface area contributed by atoms with E-state index in [1.165, 1.54) is 11.1 Å². The van der Waals surface area contributed by atoms with E-state index in [-0.39, 0.29) is 5.28 Å². The number of nitrogen functional groups attached to an aromatic ring is 1. The normalized spacial score (nSPS) is 20.4. The molecule has 3 aromatic rings. The Bertz CT molecular complexity index is 939. The fourth-order valence-electron chi connectivity index (χ4n) is 3.87. The Balaban J connectivity index is 1.67. The van der Waals surface area contributed by atoms with Crippen LogP contribution in [0.15, 0.2) is 34.9 Å². The zero-order chi connectivity index (χ0) is 17.6. The summed E-state index contributed by atoms with van der Waals surface area (Å²) in [6.45, 7) is 0.577. The van der Waals surface area contributed by atoms with Crippen molar-refractivity contribution in [2.24, 2.45) is 5.73 Å². The van der Waals surface area contributed by atoms with E-state index < -0.39 is 0 Å². The van der Waals surface area contributed by atoms with Crippen LogP contribution < -0.4 is 11.5 Å². The smallest absolute Gasteiger partial charge is 0.226 e. The molecule has 25 heavy (non-hydrogen) atoms. The number of nitrogens with zero attached hydrogens (tertiary/aromatic N) is 3. The van der Waals surface area contributed by atoms with E-state index in [9.17, 15) is 0 Å². The van der Waals surface area contributed by atoms with Gasteiger partial charge in [0.2, 0.25) is 5.28 Å². The topological polar surface area (TPSA) is 82.8 Å². The van der Waals surface area contributed by atoms with Crippen molar-refractivity contribution in [3.05, 3.63) is 51.3 Å². The van der Waals surface area contributed by atoms with Gasteiger partial charge in [-0.15, -0.1) is 0 Å². The van der Waals surface area contributed by atoms with Crippen molar-refractivity contribution in [2.75, 3.05) is 5.73 Å². The van der Waals surface area contributed by atoms with E-state index in [0.29, 0.717) is 24.3 Å². The van der Waals surface area contributed by atoms with Crippen molar-refractivity contribution in [1.29, 1.82) is 0 Å². The van der Waals surface area contributed by atoms with Crippen LogP contribution in [0.5, 0.6) is 0 Å². The molecule has 2 aromatic heterocycles. The first-order valence-electron chi connectivity index (χ1n) is 8.34. The van der Waals surface area contributed by atoms with Crippen LogP contribution in [0.4, 0.5) is 5.82 Å². The van der Waals surface area contributed by atoms with Gasteiger partial charge in [-0.3, -0.25) is 0 Å². The number of halogens is 2. The lowest BCUT2D eigenvalue weighted by molar-refractivity contribution is 0.523. The minimum absolute atomic E-state index is 0.182. The van der Waals surface area contributed by atoms with Gasteiger partial charge in [-0.05, 0) is 63.8 Å². The van der Waals surface area contributed by atoms with Crippen LogP contribution in [-0.2, 0) is 6.54 Å². The number of anilines is 1. The summed E-state index contributed by atoms with van der Waals surface area (Å²) in [6.07, 6.45) is 5.35. The van der Waals surface area contributed by atoms with E-state index in [4.69, 9.17) is 23.1 Å². The molecule has 2 atom stereocenters. The quantitative estimate of drug-likeness (QED) is 0.615. The molecule has 1 aromatic carbocycles. The summed E-state index contributed by atoms with van der Waals surface area (Å²) < 4.78 is 3.10. The number of benzene rings is 1. The molecule has 0 bridgehead atoms. The number of fused-ring (bicyclic) bond motifs is 1. The highest BCUT2D eigenvalue weighted by Crippen LogP contribution is 2.43. The predicted molar refractivity (Wildman–Crippen MR) is 105 cm³/mol. The fraction of sp³-hybridized carbons (Fsp3) is 0.333. The molecular weight excluding hydrogens is 402 g/mol. The van der Waals surface area contributed by atoms with Gasteiger partial charge < -0.3 is 16.0 Å². The Kier molecular flexibility index (Phi) is 4.43. The van der Waals surface area contributed by atoms with Crippen molar-refractivity contribution in [2.45, 2.75) is 37.8 Å². The predicted octanol–water partition coefficient (Wildman–Crippen LogP) is 4.40. The maximum atomic E-state index is 6.03. The van der Waals surface area contributed by atoms with Gasteiger partial charge in [0.15, 0.2) is 0 Å². The highest BCUT2D eigenvalue weighted by molar-refractivity contribution is 9.10. The van der Waals surface area contributed by atoms with E-state index in [1.54, 1.807) is 0 Å². The first-order chi connectivity index (χ1) is 12.1. The summed E-state index contributed by atoms with van der Waals surface area (Å²) in [5.41, 5.74) is 15.2. The standard InChI is InChI=1S/C18H19BrClN5/c19-14-9-25(17-15(14)16(22)23-18(20)24-17)13-5-4-12(7-13)11-3-1-2-10(6-11)8-21/h1-3,6,9,12-13H,4-5,7-8,21H2,(H2,22,23,24). The van der Waals surface area contributed by atoms with E-state index in [2.05, 4.69) is 60.9 Å². The third kappa shape index (κ3) is 3.03. The first kappa shape index (κ1) is 16.8. The van der Waals surface area contributed by atoms with Crippen LogP contribution in [0.25, 0.3) is 11.0 Å². The van der Waals surface area contributed by atoms with Crippen molar-refractivity contribution >= 4 is 44.4 Å². The second-order valence-electron chi connectivity index (χ2n) is 6.57. The summed E-state index contributed by atoms with van der Waals surface area (Å²) in [7, 11) is 0. The molecule has 2 heterocycles. The molecule has 4 N–H and O–H groups in total. The second kappa shape index (κ2) is 6.59. The SMILES string of the molecule is NCc1cccc(C2CCC(n3cc(Br)c4c(N)nc(Cl)nc43)C2)c1. The molecule has 1 aliphatic rings. The Morgan fingerprint density at radius 3 is 2.92 bits per heavy atom. The highest BCUT2D eigenvalue weighted by atomic mass is 79.9. The number of hydrogen-bond donors (Lipinski definition) is 2. The Morgan fingerprint density at radius 2 is 2.12 bits per heavy atom. The zero-order valence-electron chi connectivity index (χ0n) is 13.6. The molecule has 0 radical (unpaired) electrons. The molecule has 4 rings (SSSR count). The summed E-state index contributed by atoms with van der Waals surface area (Å²) in [5, 5.41) is 1.01. The molecule has 5 nitrogen and oxygen atoms in total. The molecule has 1 aliphatic carbocycles. The van der Waals surface area contributed by atoms with Crippen molar-refractivity contribution in [3.63, 3.8) is 0 Å². The first-order valence-corrected chi connectivity index (χ1v) is 9.52. The molecule has 1 fully saturated rings. The van der Waals surface area contributed by atoms with Gasteiger partial charge in [0.1, 0.15) is 11.5 Å². The minimum atomic E-state index is 0.182. The number of rotatable bonds is 3. The average Bonchev–Trinajstić information content (AvgIpc) is 3.20. The summed E-state index contributed by atoms with van der Waals surface area (Å²) in [5.74, 6) is 0.938. The Morgan fingerprint density at radius 1 is 1.28 bits per heavy atom. The lowest BCUT2D eigenvalue weighted by Crippen LogP contribution is -2.06. The average molecular weight is 421 g/mol. The molecular formula is C18H19BrClN5. The van der Waals surface area contributed by atoms with Crippen LogP contribution in [0.3, 0.4) is 0 Å². The third-order valence-corrected chi connectivity index (χ3v) is 5.85. The summed E-state index contributed by atoms with van der Waals surface area (Å²) in [6, 6.07) is 8.97. The van der Waals surface area contributed by atoms with Gasteiger partial charge in [0, 0.05) is 23.3 Å². The monoisotopic (exact) mass is 419 g/mol. The van der Waals surface area contributed by atoms with Crippen LogP contribution in [-0.4, -0.2) is 14.5 Å². The third-order valence-electron chi connectivity index (χ3n) is 5.08. The van der Waals surface area contributed by atoms with Gasteiger partial charge >= 0.3 is 0 Å². The molecule has 0 amide bonds. The van der Waals surface area contributed by atoms with Crippen LogP contribution in [0.1, 0.15) is 42.3 Å². The molecule has 1 saturated carbocycles. The van der Waals surface area contributed by atoms with Gasteiger partial charge in [-0.25, -0.2) is 4.98 Å². The minimum Gasteiger partial charge on any atom is -0.383 e. The van der Waals surface area contributed by atoms with Crippen LogP contribution in [0, 0.1) is 0 Å². The lowest BCUT2D eigenvalue weighted by Gasteiger charge is -2.15. The van der Waals surface area contributed by atoms with Gasteiger partial charge in [-0.2, -0.15) is 4.98 Å². The zero-order valence-corrected chi connectivity index (χ0v) is 16.0. The van der Waals surface area contributed by atoms with Gasteiger partial charge in [0.05, 0.1) is 5.39 Å². The lowest BCUT2D eigenvalue weighted by atomic mass is 9.96. The van der Waals surface area contributed by atoms with E-state index in [0.717, 1.165) is 34.8 Å². The Labute approximate surface area is 159 Å². The molecule has 130 valence electrons. The van der Waals surface area contributed by atoms with Crippen molar-refractivity contribution < 1.29 is 0 Å². The maximum Gasteiger partial charge on any atom is 0.226 e. The van der Waals surface area contributed by atoms with Gasteiger partial charge in [-0.1, -0.05) is 24.3 Å². The Hall–Kier alpha value is -1.63. The van der Waals surface area contributed by atoms with Crippen LogP contribution in [0.2, 0.25) is 5.28 Å². The number of aromatic nitrogens is 3. The molecule has 0 aliphatic heterocycles. The number of hydrogen-bond acceptors (Lipinski definition) is 4. The van der Waals surface area contributed by atoms with E-state index in [1.807, 2.05) is 0 Å². The highest BCUT2D eigenvalue weighted by Gasteiger charge is 2.29. The van der Waals surface area contributed by atoms with Gasteiger partial charge in [0.25, 0.3) is 0 Å². The summed E-state index contributed by atoms with van der Waals surface area (Å²) >= 11 is 9.61. The molecule has 2 unspecified atom stereocenters. The number of nitrogens with two attached hydrogens (primary N) is 2. The second-order valence-corrected chi connectivity index (χ2v) is 7.77. The fourth-order valence-corrected chi connectivity index (χ4v) is 4.64. The van der Waals surface area contributed by atoms with E-state index >= 15 is 0 Å².